The van der Waals surface area contributed by atoms with Crippen molar-refractivity contribution in [3.63, 3.8) is 0 Å². The number of hydrogen-bond acceptors (Lipinski definition) is 3. The molecule has 1 heterocycles. The number of nitrogens with zero attached hydrogens (tertiary/aromatic N) is 2. The molecule has 1 aromatic heterocycles. The molecule has 0 unspecified atom stereocenters. The second-order valence-electron chi connectivity index (χ2n) is 5.24. The molecule has 3 N–H and O–H groups in total. The minimum Gasteiger partial charge on any atom is -0.388 e. The lowest BCUT2D eigenvalue weighted by Crippen LogP contribution is -2.42. The van der Waals surface area contributed by atoms with E-state index in [4.69, 9.17) is 0 Å². The molecule has 0 atom stereocenters. The predicted octanol–water partition coefficient (Wildman–Crippen LogP) is 1.41. The van der Waals surface area contributed by atoms with Gasteiger partial charge in [-0.2, -0.15) is 5.10 Å². The van der Waals surface area contributed by atoms with E-state index in [-0.39, 0.29) is 6.03 Å². The zero-order chi connectivity index (χ0) is 13.9. The third kappa shape index (κ3) is 3.47. The third-order valence-electron chi connectivity index (χ3n) is 3.65. The number of anilines is 1. The number of aromatic nitrogens is 2. The Balaban J connectivity index is 1.85. The number of nitrogens with one attached hydrogen (secondary N) is 2. The maximum absolute atomic E-state index is 11.8. The molecule has 6 nitrogen and oxygen atoms in total. The lowest BCUT2D eigenvalue weighted by Gasteiger charge is -2.22. The van der Waals surface area contributed by atoms with E-state index in [2.05, 4.69) is 15.7 Å². The van der Waals surface area contributed by atoms with Crippen molar-refractivity contribution in [2.45, 2.75) is 44.6 Å². The van der Waals surface area contributed by atoms with Gasteiger partial charge in [0.05, 0.1) is 11.3 Å². The number of aryl methyl sites for hydroxylation is 2. The topological polar surface area (TPSA) is 79.2 Å². The van der Waals surface area contributed by atoms with Gasteiger partial charge in [0.1, 0.15) is 5.82 Å². The number of rotatable bonds is 4. The molecule has 2 rings (SSSR count). The largest absolute Gasteiger partial charge is 0.388 e. The average molecular weight is 266 g/mol. The maximum Gasteiger partial charge on any atom is 0.320 e. The van der Waals surface area contributed by atoms with Crippen LogP contribution in [-0.4, -0.2) is 33.1 Å². The summed E-state index contributed by atoms with van der Waals surface area (Å²) in [6.45, 7) is 2.32. The van der Waals surface area contributed by atoms with Gasteiger partial charge in [0.2, 0.25) is 0 Å². The second-order valence-corrected chi connectivity index (χ2v) is 5.24. The molecule has 0 aromatic carbocycles. The molecule has 0 spiro atoms. The van der Waals surface area contributed by atoms with Gasteiger partial charge in [0, 0.05) is 19.7 Å². The molecule has 0 aliphatic heterocycles. The Hall–Kier alpha value is -1.56. The van der Waals surface area contributed by atoms with Gasteiger partial charge < -0.3 is 10.4 Å². The zero-order valence-electron chi connectivity index (χ0n) is 11.6. The van der Waals surface area contributed by atoms with Gasteiger partial charge in [0.25, 0.3) is 0 Å². The van der Waals surface area contributed by atoms with E-state index < -0.39 is 5.60 Å². The molecule has 19 heavy (non-hydrogen) atoms. The quantitative estimate of drug-likeness (QED) is 0.771. The monoisotopic (exact) mass is 266 g/mol. The summed E-state index contributed by atoms with van der Waals surface area (Å²) in [5, 5.41) is 19.9. The predicted molar refractivity (Wildman–Crippen MR) is 73.0 cm³/mol. The first kappa shape index (κ1) is 13.9. The van der Waals surface area contributed by atoms with Crippen LogP contribution in [0.4, 0.5) is 10.6 Å². The van der Waals surface area contributed by atoms with Crippen molar-refractivity contribution in [1.82, 2.24) is 15.1 Å². The smallest absolute Gasteiger partial charge is 0.320 e. The van der Waals surface area contributed by atoms with Crippen LogP contribution in [0.5, 0.6) is 0 Å². The van der Waals surface area contributed by atoms with Crippen molar-refractivity contribution >= 4 is 11.8 Å². The van der Waals surface area contributed by atoms with E-state index in [1.165, 1.54) is 0 Å². The summed E-state index contributed by atoms with van der Waals surface area (Å²) in [6.07, 6.45) is 4.41. The number of aliphatic hydroxyl groups is 1. The van der Waals surface area contributed by atoms with Crippen LogP contribution in [0.1, 0.15) is 38.3 Å². The molecular weight excluding hydrogens is 244 g/mol. The highest BCUT2D eigenvalue weighted by atomic mass is 16.3. The Morgan fingerprint density at radius 3 is 2.79 bits per heavy atom. The van der Waals surface area contributed by atoms with Crippen LogP contribution in [0.15, 0.2) is 6.07 Å². The summed E-state index contributed by atoms with van der Waals surface area (Å²) in [4.78, 5) is 11.8. The SMILES string of the molecule is CCc1cc(NC(=O)NCC2(O)CCCC2)n(C)n1. The third-order valence-corrected chi connectivity index (χ3v) is 3.65. The van der Waals surface area contributed by atoms with E-state index >= 15 is 0 Å². The molecule has 2 amide bonds. The number of carbonyl (C=O) groups is 1. The van der Waals surface area contributed by atoms with Crippen molar-refractivity contribution in [1.29, 1.82) is 0 Å². The molecule has 1 fully saturated rings. The van der Waals surface area contributed by atoms with E-state index in [1.54, 1.807) is 11.7 Å². The summed E-state index contributed by atoms with van der Waals surface area (Å²) in [5.41, 5.74) is 0.213. The van der Waals surface area contributed by atoms with E-state index in [9.17, 15) is 9.90 Å². The van der Waals surface area contributed by atoms with Gasteiger partial charge in [-0.05, 0) is 19.3 Å². The van der Waals surface area contributed by atoms with Crippen molar-refractivity contribution in [2.75, 3.05) is 11.9 Å². The first-order chi connectivity index (χ1) is 9.02. The van der Waals surface area contributed by atoms with Crippen molar-refractivity contribution in [3.05, 3.63) is 11.8 Å². The molecule has 0 radical (unpaired) electrons. The van der Waals surface area contributed by atoms with Crippen LogP contribution in [0.3, 0.4) is 0 Å². The minimum atomic E-state index is -0.724. The molecule has 6 heteroatoms. The summed E-state index contributed by atoms with van der Waals surface area (Å²) in [7, 11) is 1.79. The molecule has 1 aliphatic rings. The second kappa shape index (κ2) is 5.61. The Morgan fingerprint density at radius 2 is 2.21 bits per heavy atom. The molecule has 1 aliphatic carbocycles. The summed E-state index contributed by atoms with van der Waals surface area (Å²) >= 11 is 0. The molecular formula is C13H22N4O2. The molecule has 1 aromatic rings. The van der Waals surface area contributed by atoms with Crippen LogP contribution in [0.25, 0.3) is 0 Å². The number of amides is 2. The Kier molecular flexibility index (Phi) is 4.09. The van der Waals surface area contributed by atoms with Crippen LogP contribution in [0.2, 0.25) is 0 Å². The first-order valence-corrected chi connectivity index (χ1v) is 6.82. The standard InChI is InChI=1S/C13H22N4O2/c1-3-10-8-11(17(2)16-10)15-12(18)14-9-13(19)6-4-5-7-13/h8,19H,3-7,9H2,1-2H3,(H2,14,15,18). The molecule has 0 saturated heterocycles. The van der Waals surface area contributed by atoms with E-state index in [1.807, 2.05) is 13.0 Å². The number of carbonyl (C=O) groups excluding carboxylic acids is 1. The Labute approximate surface area is 113 Å². The minimum absolute atomic E-state index is 0.300. The van der Waals surface area contributed by atoms with E-state index in [0.29, 0.717) is 12.4 Å². The Morgan fingerprint density at radius 1 is 1.53 bits per heavy atom. The number of urea groups is 1. The van der Waals surface area contributed by atoms with Crippen LogP contribution >= 0.6 is 0 Å². The van der Waals surface area contributed by atoms with Gasteiger partial charge >= 0.3 is 6.03 Å². The maximum atomic E-state index is 11.8. The van der Waals surface area contributed by atoms with Crippen molar-refractivity contribution < 1.29 is 9.90 Å². The van der Waals surface area contributed by atoms with Crippen LogP contribution in [-0.2, 0) is 13.5 Å². The summed E-state index contributed by atoms with van der Waals surface area (Å²) in [6, 6.07) is 1.55. The summed E-state index contributed by atoms with van der Waals surface area (Å²) in [5.74, 6) is 0.660. The fraction of sp³-hybridized carbons (Fsp3) is 0.692. The molecule has 1 saturated carbocycles. The zero-order valence-corrected chi connectivity index (χ0v) is 11.6. The highest BCUT2D eigenvalue weighted by Gasteiger charge is 2.31. The first-order valence-electron chi connectivity index (χ1n) is 6.82. The average Bonchev–Trinajstić information content (AvgIpc) is 2.95. The van der Waals surface area contributed by atoms with Gasteiger partial charge in [-0.3, -0.25) is 10.00 Å². The van der Waals surface area contributed by atoms with Crippen LogP contribution in [0, 0.1) is 0 Å². The number of hydrogen-bond donors (Lipinski definition) is 3. The molecule has 0 bridgehead atoms. The fourth-order valence-corrected chi connectivity index (χ4v) is 2.43. The van der Waals surface area contributed by atoms with E-state index in [0.717, 1.165) is 37.8 Å². The van der Waals surface area contributed by atoms with Gasteiger partial charge in [-0.25, -0.2) is 4.79 Å². The molecule has 106 valence electrons. The van der Waals surface area contributed by atoms with Gasteiger partial charge in [-0.1, -0.05) is 19.8 Å². The van der Waals surface area contributed by atoms with Crippen molar-refractivity contribution in [3.8, 4) is 0 Å². The summed E-state index contributed by atoms with van der Waals surface area (Å²) < 4.78 is 1.64. The van der Waals surface area contributed by atoms with Crippen molar-refractivity contribution in [2.24, 2.45) is 7.05 Å². The van der Waals surface area contributed by atoms with Crippen LogP contribution < -0.4 is 10.6 Å². The lowest BCUT2D eigenvalue weighted by molar-refractivity contribution is 0.0506. The highest BCUT2D eigenvalue weighted by Crippen LogP contribution is 2.28. The van der Waals surface area contributed by atoms with Gasteiger partial charge in [0.15, 0.2) is 0 Å². The normalized spacial score (nSPS) is 17.4. The Bertz CT molecular complexity index is 449. The van der Waals surface area contributed by atoms with Gasteiger partial charge in [-0.15, -0.1) is 0 Å². The fourth-order valence-electron chi connectivity index (χ4n) is 2.43. The highest BCUT2D eigenvalue weighted by molar-refractivity contribution is 5.88. The lowest BCUT2D eigenvalue weighted by atomic mass is 10.0.